The molecule has 0 unspecified atom stereocenters. The Labute approximate surface area is 189 Å². The molecule has 0 aliphatic rings. The Hall–Kier alpha value is -2.84. The zero-order valence-corrected chi connectivity index (χ0v) is 19.6. The van der Waals surface area contributed by atoms with Crippen LogP contribution < -0.4 is 10.5 Å². The van der Waals surface area contributed by atoms with E-state index in [0.29, 0.717) is 24.3 Å². The second kappa shape index (κ2) is 9.34. The van der Waals surface area contributed by atoms with Gasteiger partial charge in [0, 0.05) is 36.6 Å². The smallest absolute Gasteiger partial charge is 0.414 e. The molecule has 170 valence electrons. The van der Waals surface area contributed by atoms with Crippen molar-refractivity contribution in [2.45, 2.75) is 26.4 Å². The molecule has 1 amide bonds. The van der Waals surface area contributed by atoms with Crippen LogP contribution in [-0.2, 0) is 11.8 Å². The Morgan fingerprint density at radius 1 is 1.16 bits per heavy atom. The fourth-order valence-electron chi connectivity index (χ4n) is 3.65. The van der Waals surface area contributed by atoms with Gasteiger partial charge in [-0.25, -0.2) is 9.18 Å². The maximum Gasteiger partial charge on any atom is 0.414 e. The van der Waals surface area contributed by atoms with Crippen molar-refractivity contribution < 1.29 is 18.9 Å². The summed E-state index contributed by atoms with van der Waals surface area (Å²) in [5.41, 5.74) is 2.96. The summed E-state index contributed by atoms with van der Waals surface area (Å²) >= 11 is 0. The molecule has 0 aliphatic carbocycles. The van der Waals surface area contributed by atoms with Crippen molar-refractivity contribution >= 4 is 35.8 Å². The average Bonchev–Trinajstić information content (AvgIpc) is 3.02. The third-order valence-electron chi connectivity index (χ3n) is 5.24. The van der Waals surface area contributed by atoms with Crippen molar-refractivity contribution in [2.75, 3.05) is 32.1 Å². The average molecular weight is 439 g/mol. The molecular formula is C24H31BFN3O3. The molecule has 1 heterocycles. The lowest BCUT2D eigenvalue weighted by Gasteiger charge is -2.28. The van der Waals surface area contributed by atoms with Gasteiger partial charge in [0.05, 0.1) is 5.69 Å². The van der Waals surface area contributed by atoms with Crippen LogP contribution in [0.5, 0.6) is 0 Å². The normalized spacial score (nSPS) is 11.8. The molecule has 0 atom stereocenters. The number of aryl methyl sites for hydroxylation is 1. The van der Waals surface area contributed by atoms with Gasteiger partial charge < -0.3 is 19.2 Å². The molecule has 0 bridgehead atoms. The number of halogens is 1. The van der Waals surface area contributed by atoms with Crippen LogP contribution in [0.4, 0.5) is 14.9 Å². The Kier molecular flexibility index (Phi) is 6.95. The van der Waals surface area contributed by atoms with Gasteiger partial charge in [0.15, 0.2) is 0 Å². The number of hydrogen-bond acceptors (Lipinski definition) is 4. The van der Waals surface area contributed by atoms with Gasteiger partial charge in [-0.2, -0.15) is 0 Å². The van der Waals surface area contributed by atoms with Gasteiger partial charge >= 0.3 is 13.6 Å². The molecule has 1 aromatic heterocycles. The van der Waals surface area contributed by atoms with Gasteiger partial charge in [0.2, 0.25) is 0 Å². The maximum atomic E-state index is 14.8. The van der Waals surface area contributed by atoms with Gasteiger partial charge in [-0.3, -0.25) is 4.90 Å². The van der Waals surface area contributed by atoms with Crippen LogP contribution in [0.15, 0.2) is 42.5 Å². The number of ether oxygens (including phenoxy) is 1. The predicted octanol–water partition coefficient (Wildman–Crippen LogP) is 3.26. The first-order chi connectivity index (χ1) is 15.0. The summed E-state index contributed by atoms with van der Waals surface area (Å²) in [6.07, 6.45) is -0.517. The first-order valence-electron chi connectivity index (χ1n) is 10.6. The summed E-state index contributed by atoms with van der Waals surface area (Å²) in [6.45, 7) is 6.37. The summed E-state index contributed by atoms with van der Waals surface area (Å²) in [4.78, 5) is 16.4. The number of aromatic nitrogens is 1. The SMILES string of the molecule is CN(C)CCN(C(=O)OC(C)(C)C)c1cc(F)cc(-c2cccc3c2cc(BO)n3C)c1. The fourth-order valence-corrected chi connectivity index (χ4v) is 3.65. The maximum absolute atomic E-state index is 14.8. The number of fused-ring (bicyclic) bond motifs is 1. The number of rotatable bonds is 6. The zero-order chi connectivity index (χ0) is 23.6. The topological polar surface area (TPSA) is 57.9 Å². The molecule has 0 radical (unpaired) electrons. The lowest BCUT2D eigenvalue weighted by Crippen LogP contribution is -2.40. The molecule has 0 saturated carbocycles. The largest absolute Gasteiger partial charge is 0.448 e. The number of nitrogens with zero attached hydrogens (tertiary/aromatic N) is 3. The van der Waals surface area contributed by atoms with Crippen molar-refractivity contribution in [1.82, 2.24) is 9.47 Å². The highest BCUT2D eigenvalue weighted by molar-refractivity contribution is 6.45. The number of carbonyl (C=O) groups is 1. The van der Waals surface area contributed by atoms with E-state index in [1.807, 2.05) is 60.9 Å². The van der Waals surface area contributed by atoms with Crippen molar-refractivity contribution in [1.29, 1.82) is 0 Å². The zero-order valence-electron chi connectivity index (χ0n) is 19.6. The molecule has 0 saturated heterocycles. The van der Waals surface area contributed by atoms with Crippen LogP contribution in [0.2, 0.25) is 0 Å². The third-order valence-corrected chi connectivity index (χ3v) is 5.24. The summed E-state index contributed by atoms with van der Waals surface area (Å²) in [7, 11) is 5.63. The van der Waals surface area contributed by atoms with Crippen molar-refractivity contribution in [3.8, 4) is 11.1 Å². The molecule has 2 aromatic carbocycles. The lowest BCUT2D eigenvalue weighted by molar-refractivity contribution is 0.0578. The number of hydrogen-bond donors (Lipinski definition) is 1. The Morgan fingerprint density at radius 2 is 1.88 bits per heavy atom. The van der Waals surface area contributed by atoms with E-state index in [1.54, 1.807) is 20.8 Å². The predicted molar refractivity (Wildman–Crippen MR) is 129 cm³/mol. The molecule has 0 fully saturated rings. The first kappa shape index (κ1) is 23.8. The summed E-state index contributed by atoms with van der Waals surface area (Å²) in [6, 6.07) is 12.3. The minimum atomic E-state index is -0.667. The monoisotopic (exact) mass is 439 g/mol. The van der Waals surface area contributed by atoms with Crippen molar-refractivity contribution in [3.05, 3.63) is 48.3 Å². The number of carbonyl (C=O) groups excluding carboxylic acids is 1. The number of benzene rings is 2. The van der Waals surface area contributed by atoms with Crippen LogP contribution in [0, 0.1) is 5.82 Å². The van der Waals surface area contributed by atoms with Gasteiger partial charge in [-0.1, -0.05) is 12.1 Å². The van der Waals surface area contributed by atoms with E-state index in [4.69, 9.17) is 4.74 Å². The first-order valence-corrected chi connectivity index (χ1v) is 10.6. The van der Waals surface area contributed by atoms with E-state index in [1.165, 1.54) is 17.0 Å². The highest BCUT2D eigenvalue weighted by Crippen LogP contribution is 2.32. The Balaban J connectivity index is 2.10. The molecule has 1 N–H and O–H groups in total. The fraction of sp³-hybridized carbons (Fsp3) is 0.375. The Bertz CT molecular complexity index is 1120. The van der Waals surface area contributed by atoms with Crippen LogP contribution in [-0.4, -0.2) is 60.9 Å². The van der Waals surface area contributed by atoms with E-state index in [2.05, 4.69) is 0 Å². The molecular weight excluding hydrogens is 408 g/mol. The molecule has 8 heteroatoms. The van der Waals surface area contributed by atoms with Crippen LogP contribution in [0.1, 0.15) is 20.8 Å². The summed E-state index contributed by atoms with van der Waals surface area (Å²) < 4.78 is 22.3. The summed E-state index contributed by atoms with van der Waals surface area (Å²) in [5.74, 6) is -0.439. The Morgan fingerprint density at radius 3 is 2.50 bits per heavy atom. The molecule has 3 rings (SSSR count). The minimum Gasteiger partial charge on any atom is -0.448 e. The van der Waals surface area contributed by atoms with Crippen molar-refractivity contribution in [3.63, 3.8) is 0 Å². The standard InChI is InChI=1S/C24H31BFN3O3/c1-24(2,3)32-23(30)29(11-10-27(4)5)18-13-16(12-17(26)14-18)19-8-7-9-21-20(19)15-22(25-31)28(21)6/h7-9,12-15,25,31H,10-11H2,1-6H3. The molecule has 0 spiro atoms. The van der Waals surface area contributed by atoms with Crippen molar-refractivity contribution in [2.24, 2.45) is 7.05 Å². The van der Waals surface area contributed by atoms with E-state index < -0.39 is 17.5 Å². The van der Waals surface area contributed by atoms with E-state index in [9.17, 15) is 14.2 Å². The number of amides is 1. The highest BCUT2D eigenvalue weighted by Gasteiger charge is 2.24. The van der Waals surface area contributed by atoms with Crippen LogP contribution in [0.25, 0.3) is 22.0 Å². The van der Waals surface area contributed by atoms with Crippen LogP contribution in [0.3, 0.4) is 0 Å². The molecule has 0 aliphatic heterocycles. The quantitative estimate of drug-likeness (QED) is 0.600. The second-order valence-corrected chi connectivity index (χ2v) is 9.22. The van der Waals surface area contributed by atoms with Gasteiger partial charge in [0.1, 0.15) is 11.4 Å². The third kappa shape index (κ3) is 5.31. The molecule has 32 heavy (non-hydrogen) atoms. The van der Waals surface area contributed by atoms with Gasteiger partial charge in [0.25, 0.3) is 0 Å². The lowest BCUT2D eigenvalue weighted by atomic mass is 9.95. The van der Waals surface area contributed by atoms with E-state index in [-0.39, 0.29) is 7.48 Å². The van der Waals surface area contributed by atoms with E-state index in [0.717, 1.165) is 22.1 Å². The minimum absolute atomic E-state index is 0.0873. The highest BCUT2D eigenvalue weighted by atomic mass is 19.1. The van der Waals surface area contributed by atoms with Gasteiger partial charge in [-0.05, 0) is 76.3 Å². The van der Waals surface area contributed by atoms with Crippen LogP contribution >= 0.6 is 0 Å². The second-order valence-electron chi connectivity index (χ2n) is 9.22. The van der Waals surface area contributed by atoms with Gasteiger partial charge in [-0.15, -0.1) is 0 Å². The molecule has 3 aromatic rings. The van der Waals surface area contributed by atoms with E-state index >= 15 is 0 Å². The molecule has 6 nitrogen and oxygen atoms in total. The number of anilines is 1. The number of likely N-dealkylation sites (N-methyl/N-ethyl adjacent to an activating group) is 1. The summed E-state index contributed by atoms with van der Waals surface area (Å²) in [5, 5.41) is 10.6.